The second kappa shape index (κ2) is 33.3. The lowest BCUT2D eigenvalue weighted by atomic mass is 9.97. The number of rotatable bonds is 36. The maximum Gasteiger partial charge on any atom is 0.242 e. The molecule has 328 valence electrons. The van der Waals surface area contributed by atoms with Crippen LogP contribution in [-0.4, -0.2) is 108 Å². The number of carbonyl (C=O) groups is 5. The number of nitrogens with zero attached hydrogens (tertiary/aromatic N) is 4. The van der Waals surface area contributed by atoms with Crippen LogP contribution in [0.2, 0.25) is 0 Å². The SMILES string of the molecule is CCCCC(CC)CN(CC(N)=O)C(=O)CN(CC(CC)CCCC)C(=O)CN(CC(CC)CCCC)C(=O)CN(CC(CC)CCCC)C(=O)CCCCN. The highest BCUT2D eigenvalue weighted by Gasteiger charge is 2.30. The predicted molar refractivity (Wildman–Crippen MR) is 232 cm³/mol. The summed E-state index contributed by atoms with van der Waals surface area (Å²) in [6.07, 6.45) is 17.4. The van der Waals surface area contributed by atoms with Crippen LogP contribution < -0.4 is 11.5 Å². The average Bonchev–Trinajstić information content (AvgIpc) is 3.18. The zero-order chi connectivity index (χ0) is 42.3. The highest BCUT2D eigenvalue weighted by molar-refractivity contribution is 5.91. The molecular formula is C45H88N6O5. The zero-order valence-corrected chi connectivity index (χ0v) is 37.6. The average molecular weight is 793 g/mol. The predicted octanol–water partition coefficient (Wildman–Crippen LogP) is 7.78. The summed E-state index contributed by atoms with van der Waals surface area (Å²) in [6, 6.07) is 0. The second-order valence-electron chi connectivity index (χ2n) is 16.5. The van der Waals surface area contributed by atoms with Crippen LogP contribution >= 0.6 is 0 Å². The Bertz CT molecular complexity index is 1070. The Morgan fingerprint density at radius 1 is 0.411 bits per heavy atom. The van der Waals surface area contributed by atoms with E-state index in [0.717, 1.165) is 109 Å². The minimum atomic E-state index is -0.576. The summed E-state index contributed by atoms with van der Waals surface area (Å²) in [7, 11) is 0. The van der Waals surface area contributed by atoms with Gasteiger partial charge in [0.2, 0.25) is 29.5 Å². The first kappa shape index (κ1) is 53.3. The smallest absolute Gasteiger partial charge is 0.242 e. The number of nitrogens with two attached hydrogens (primary N) is 2. The Kier molecular flexibility index (Phi) is 31.7. The molecular weight excluding hydrogens is 705 g/mol. The zero-order valence-electron chi connectivity index (χ0n) is 37.6. The summed E-state index contributed by atoms with van der Waals surface area (Å²) >= 11 is 0. The summed E-state index contributed by atoms with van der Waals surface area (Å²) in [6.45, 7) is 18.7. The van der Waals surface area contributed by atoms with Crippen molar-refractivity contribution in [3.05, 3.63) is 0 Å². The molecule has 0 rings (SSSR count). The Hall–Kier alpha value is -2.69. The van der Waals surface area contributed by atoms with E-state index in [-0.39, 0.29) is 73.5 Å². The molecule has 0 aromatic rings. The number of unbranched alkanes of at least 4 members (excludes halogenated alkanes) is 5. The third kappa shape index (κ3) is 23.5. The lowest BCUT2D eigenvalue weighted by molar-refractivity contribution is -0.147. The molecule has 0 bridgehead atoms. The number of primary amides is 1. The molecule has 11 nitrogen and oxygen atoms in total. The quantitative estimate of drug-likeness (QED) is 0.0619. The summed E-state index contributed by atoms with van der Waals surface area (Å²) in [5.74, 6) is -0.506. The van der Waals surface area contributed by atoms with Gasteiger partial charge < -0.3 is 31.1 Å². The third-order valence-electron chi connectivity index (χ3n) is 11.7. The Labute approximate surface area is 343 Å². The van der Waals surface area contributed by atoms with E-state index in [9.17, 15) is 24.0 Å². The van der Waals surface area contributed by atoms with Gasteiger partial charge in [-0.2, -0.15) is 0 Å². The molecule has 0 aromatic heterocycles. The molecule has 0 aliphatic rings. The Morgan fingerprint density at radius 2 is 0.696 bits per heavy atom. The number of amides is 5. The standard InChI is InChI=1S/C45H88N6O5/c1-9-17-23-37(13-5)29-48(33-41(47)52)43(54)35-50(31-39(15-7)25-19-11-3)45(56)36-51(32-40(16-8)26-20-12-4)44(55)34-49(42(53)27-21-22-28-46)30-38(14-6)24-18-10-2/h37-40H,9-36,46H2,1-8H3,(H2,47,52). The molecule has 0 saturated heterocycles. The van der Waals surface area contributed by atoms with Gasteiger partial charge in [0.25, 0.3) is 0 Å². The molecule has 4 unspecified atom stereocenters. The monoisotopic (exact) mass is 793 g/mol. The van der Waals surface area contributed by atoms with Crippen LogP contribution in [-0.2, 0) is 24.0 Å². The van der Waals surface area contributed by atoms with Gasteiger partial charge in [0.05, 0.1) is 26.2 Å². The molecule has 0 saturated carbocycles. The van der Waals surface area contributed by atoms with E-state index in [4.69, 9.17) is 11.5 Å². The van der Waals surface area contributed by atoms with Crippen LogP contribution in [0.5, 0.6) is 0 Å². The van der Waals surface area contributed by atoms with E-state index in [1.54, 1.807) is 14.7 Å². The van der Waals surface area contributed by atoms with E-state index < -0.39 is 5.91 Å². The first-order valence-corrected chi connectivity index (χ1v) is 23.0. The Balaban J connectivity index is 6.78. The molecule has 0 radical (unpaired) electrons. The molecule has 0 aliphatic heterocycles. The first-order chi connectivity index (χ1) is 26.9. The van der Waals surface area contributed by atoms with Crippen molar-refractivity contribution in [1.82, 2.24) is 19.6 Å². The Morgan fingerprint density at radius 3 is 0.946 bits per heavy atom. The summed E-state index contributed by atoms with van der Waals surface area (Å²) in [4.78, 5) is 75.6. The number of hydrogen-bond donors (Lipinski definition) is 2. The van der Waals surface area contributed by atoms with Crippen molar-refractivity contribution < 1.29 is 24.0 Å². The van der Waals surface area contributed by atoms with Crippen molar-refractivity contribution in [3.63, 3.8) is 0 Å². The van der Waals surface area contributed by atoms with E-state index in [2.05, 4.69) is 55.4 Å². The van der Waals surface area contributed by atoms with Crippen LogP contribution in [0, 0.1) is 23.7 Å². The molecule has 56 heavy (non-hydrogen) atoms. The van der Waals surface area contributed by atoms with Gasteiger partial charge in [-0.1, -0.05) is 132 Å². The van der Waals surface area contributed by atoms with Crippen molar-refractivity contribution in [2.45, 2.75) is 177 Å². The van der Waals surface area contributed by atoms with Crippen LogP contribution in [0.1, 0.15) is 177 Å². The van der Waals surface area contributed by atoms with E-state index >= 15 is 0 Å². The minimum Gasteiger partial charge on any atom is -0.368 e. The van der Waals surface area contributed by atoms with Gasteiger partial charge in [-0.25, -0.2) is 0 Å². The molecule has 0 aromatic carbocycles. The fraction of sp³-hybridized carbons (Fsp3) is 0.889. The van der Waals surface area contributed by atoms with E-state index in [1.165, 1.54) is 4.90 Å². The van der Waals surface area contributed by atoms with Crippen molar-refractivity contribution in [2.75, 3.05) is 58.9 Å². The van der Waals surface area contributed by atoms with Crippen LogP contribution in [0.15, 0.2) is 0 Å². The van der Waals surface area contributed by atoms with E-state index in [1.807, 2.05) is 0 Å². The van der Waals surface area contributed by atoms with Gasteiger partial charge in [-0.3, -0.25) is 24.0 Å². The second-order valence-corrected chi connectivity index (χ2v) is 16.5. The van der Waals surface area contributed by atoms with E-state index in [0.29, 0.717) is 45.6 Å². The van der Waals surface area contributed by atoms with Crippen LogP contribution in [0.4, 0.5) is 0 Å². The van der Waals surface area contributed by atoms with Gasteiger partial charge in [0, 0.05) is 32.6 Å². The maximum atomic E-state index is 14.6. The van der Waals surface area contributed by atoms with Crippen molar-refractivity contribution >= 4 is 29.5 Å². The molecule has 0 aliphatic carbocycles. The number of carbonyl (C=O) groups excluding carboxylic acids is 5. The molecule has 11 heteroatoms. The largest absolute Gasteiger partial charge is 0.368 e. The summed E-state index contributed by atoms with van der Waals surface area (Å²) in [5, 5.41) is 0. The fourth-order valence-electron chi connectivity index (χ4n) is 7.49. The number of hydrogen-bond acceptors (Lipinski definition) is 6. The maximum absolute atomic E-state index is 14.6. The molecule has 4 atom stereocenters. The van der Waals surface area contributed by atoms with Gasteiger partial charge in [-0.05, 0) is 68.7 Å². The first-order valence-electron chi connectivity index (χ1n) is 23.0. The van der Waals surface area contributed by atoms with Crippen molar-refractivity contribution in [2.24, 2.45) is 35.1 Å². The highest BCUT2D eigenvalue weighted by Crippen LogP contribution is 2.20. The van der Waals surface area contributed by atoms with Crippen LogP contribution in [0.25, 0.3) is 0 Å². The van der Waals surface area contributed by atoms with Gasteiger partial charge >= 0.3 is 0 Å². The third-order valence-corrected chi connectivity index (χ3v) is 11.7. The van der Waals surface area contributed by atoms with Crippen molar-refractivity contribution in [1.29, 1.82) is 0 Å². The van der Waals surface area contributed by atoms with Crippen molar-refractivity contribution in [3.8, 4) is 0 Å². The normalized spacial score (nSPS) is 13.4. The molecule has 0 heterocycles. The molecule has 0 fully saturated rings. The van der Waals surface area contributed by atoms with Gasteiger partial charge in [0.1, 0.15) is 0 Å². The fourth-order valence-corrected chi connectivity index (χ4v) is 7.49. The topological polar surface area (TPSA) is 150 Å². The molecule has 5 amide bonds. The van der Waals surface area contributed by atoms with Gasteiger partial charge in [-0.15, -0.1) is 0 Å². The van der Waals surface area contributed by atoms with Gasteiger partial charge in [0.15, 0.2) is 0 Å². The summed E-state index contributed by atoms with van der Waals surface area (Å²) < 4.78 is 0. The highest BCUT2D eigenvalue weighted by atomic mass is 16.2. The summed E-state index contributed by atoms with van der Waals surface area (Å²) in [5.41, 5.74) is 11.4. The minimum absolute atomic E-state index is 0.0427. The molecule has 0 spiro atoms. The molecule has 4 N–H and O–H groups in total. The van der Waals surface area contributed by atoms with Crippen LogP contribution in [0.3, 0.4) is 0 Å². The lowest BCUT2D eigenvalue weighted by Crippen LogP contribution is -2.52. The lowest BCUT2D eigenvalue weighted by Gasteiger charge is -2.34.